The fourth-order valence-corrected chi connectivity index (χ4v) is 4.62. The Kier molecular flexibility index (Phi) is 3.84. The average Bonchev–Trinajstić information content (AvgIpc) is 3.08. The Hall–Kier alpha value is -0.570. The first-order chi connectivity index (χ1) is 9.22. The van der Waals surface area contributed by atoms with Crippen molar-refractivity contribution in [1.29, 1.82) is 0 Å². The molecule has 1 aliphatic heterocycles. The third kappa shape index (κ3) is 2.42. The molecule has 3 heteroatoms. The normalized spacial score (nSPS) is 37.0. The Morgan fingerprint density at radius 1 is 1.21 bits per heavy atom. The number of rotatable bonds is 3. The number of hydrogen-bond donors (Lipinski definition) is 2. The molecule has 3 aliphatic rings. The van der Waals surface area contributed by atoms with Crippen molar-refractivity contribution in [2.24, 2.45) is 17.3 Å². The highest BCUT2D eigenvalue weighted by atomic mass is 16.2. The number of carbonyl (C=O) groups is 1. The van der Waals surface area contributed by atoms with Crippen LogP contribution < -0.4 is 10.6 Å². The third-order valence-electron chi connectivity index (χ3n) is 5.96. The number of amides is 1. The summed E-state index contributed by atoms with van der Waals surface area (Å²) in [7, 11) is 0. The van der Waals surface area contributed by atoms with Crippen LogP contribution in [0, 0.1) is 17.3 Å². The van der Waals surface area contributed by atoms with Gasteiger partial charge in [0.15, 0.2) is 0 Å². The van der Waals surface area contributed by atoms with Crippen LogP contribution in [0.25, 0.3) is 0 Å². The molecule has 0 radical (unpaired) electrons. The van der Waals surface area contributed by atoms with Gasteiger partial charge < -0.3 is 10.6 Å². The number of carbonyl (C=O) groups excluding carboxylic acids is 1. The first-order valence-corrected chi connectivity index (χ1v) is 8.24. The smallest absolute Gasteiger partial charge is 0.228 e. The van der Waals surface area contributed by atoms with E-state index in [0.717, 1.165) is 25.4 Å². The minimum atomic E-state index is -0.0783. The van der Waals surface area contributed by atoms with Crippen LogP contribution in [0.1, 0.15) is 58.3 Å². The maximum Gasteiger partial charge on any atom is 0.228 e. The largest absolute Gasteiger partial charge is 0.353 e. The Balaban J connectivity index is 1.65. The van der Waals surface area contributed by atoms with Crippen LogP contribution in [0.2, 0.25) is 0 Å². The lowest BCUT2D eigenvalue weighted by molar-refractivity contribution is -0.135. The molecule has 3 fully saturated rings. The molecule has 108 valence electrons. The predicted octanol–water partition coefficient (Wildman–Crippen LogP) is 2.46. The highest BCUT2D eigenvalue weighted by Crippen LogP contribution is 2.44. The van der Waals surface area contributed by atoms with Crippen molar-refractivity contribution >= 4 is 5.91 Å². The van der Waals surface area contributed by atoms with E-state index < -0.39 is 0 Å². The van der Waals surface area contributed by atoms with Gasteiger partial charge in [0.2, 0.25) is 5.91 Å². The minimum Gasteiger partial charge on any atom is -0.353 e. The monoisotopic (exact) mass is 264 g/mol. The summed E-state index contributed by atoms with van der Waals surface area (Å²) in [6.45, 7) is 4.16. The highest BCUT2D eigenvalue weighted by Gasteiger charge is 2.50. The summed E-state index contributed by atoms with van der Waals surface area (Å²) < 4.78 is 0. The van der Waals surface area contributed by atoms with Crippen LogP contribution >= 0.6 is 0 Å². The second kappa shape index (κ2) is 5.43. The van der Waals surface area contributed by atoms with Crippen LogP contribution in [0.15, 0.2) is 0 Å². The van der Waals surface area contributed by atoms with Gasteiger partial charge in [0, 0.05) is 12.6 Å². The van der Waals surface area contributed by atoms with Crippen molar-refractivity contribution in [2.45, 2.75) is 64.3 Å². The number of fused-ring (bicyclic) bond motifs is 1. The zero-order valence-electron chi connectivity index (χ0n) is 12.2. The molecule has 3 atom stereocenters. The topological polar surface area (TPSA) is 41.1 Å². The van der Waals surface area contributed by atoms with Crippen LogP contribution in [-0.4, -0.2) is 25.0 Å². The molecule has 2 aliphatic carbocycles. The van der Waals surface area contributed by atoms with Gasteiger partial charge in [-0.1, -0.05) is 25.7 Å². The van der Waals surface area contributed by atoms with Gasteiger partial charge in [-0.15, -0.1) is 0 Å². The Morgan fingerprint density at radius 3 is 2.74 bits per heavy atom. The number of hydrogen-bond acceptors (Lipinski definition) is 2. The van der Waals surface area contributed by atoms with E-state index in [-0.39, 0.29) is 5.41 Å². The summed E-state index contributed by atoms with van der Waals surface area (Å²) in [6, 6.07) is 0.368. The van der Waals surface area contributed by atoms with Crippen molar-refractivity contribution in [2.75, 3.05) is 13.1 Å². The van der Waals surface area contributed by atoms with E-state index in [9.17, 15) is 4.79 Å². The van der Waals surface area contributed by atoms with Gasteiger partial charge in [-0.3, -0.25) is 4.79 Å². The summed E-state index contributed by atoms with van der Waals surface area (Å²) in [4.78, 5) is 12.8. The maximum absolute atomic E-state index is 12.8. The Labute approximate surface area is 116 Å². The number of nitrogens with one attached hydrogen (secondary N) is 2. The molecule has 1 unspecified atom stereocenters. The van der Waals surface area contributed by atoms with Crippen molar-refractivity contribution in [3.63, 3.8) is 0 Å². The first kappa shape index (κ1) is 13.4. The second-order valence-electron chi connectivity index (χ2n) is 7.04. The maximum atomic E-state index is 12.8. The standard InChI is InChI=1S/C16H28N2O/c1-12(13-6-2-3-7-13)18-15(19)16-9-5-4-8-14(16)10-17-11-16/h12-14,17H,2-11H2,1H3,(H,18,19)/t12?,14-,16+/m0/s1. The molecule has 0 spiro atoms. The van der Waals surface area contributed by atoms with E-state index in [0.29, 0.717) is 17.9 Å². The van der Waals surface area contributed by atoms with Gasteiger partial charge in [-0.05, 0) is 51.0 Å². The van der Waals surface area contributed by atoms with Crippen LogP contribution in [0.3, 0.4) is 0 Å². The fourth-order valence-electron chi connectivity index (χ4n) is 4.62. The minimum absolute atomic E-state index is 0.0783. The SMILES string of the molecule is CC(NC(=O)[C@@]12CCCC[C@H]1CNC2)C1CCCC1. The van der Waals surface area contributed by atoms with Crippen LogP contribution in [0.4, 0.5) is 0 Å². The fraction of sp³-hybridized carbons (Fsp3) is 0.938. The molecule has 3 rings (SSSR count). The summed E-state index contributed by atoms with van der Waals surface area (Å²) in [5, 5.41) is 6.84. The summed E-state index contributed by atoms with van der Waals surface area (Å²) in [5.74, 6) is 1.65. The van der Waals surface area contributed by atoms with E-state index in [4.69, 9.17) is 0 Å². The first-order valence-electron chi connectivity index (χ1n) is 8.24. The molecule has 1 saturated heterocycles. The van der Waals surface area contributed by atoms with E-state index >= 15 is 0 Å². The van der Waals surface area contributed by atoms with Gasteiger partial charge in [0.25, 0.3) is 0 Å². The molecule has 19 heavy (non-hydrogen) atoms. The Morgan fingerprint density at radius 2 is 1.95 bits per heavy atom. The third-order valence-corrected chi connectivity index (χ3v) is 5.96. The lowest BCUT2D eigenvalue weighted by Crippen LogP contribution is -2.51. The molecule has 2 saturated carbocycles. The molecular weight excluding hydrogens is 236 g/mol. The van der Waals surface area contributed by atoms with E-state index in [1.165, 1.54) is 44.9 Å². The highest BCUT2D eigenvalue weighted by molar-refractivity contribution is 5.84. The van der Waals surface area contributed by atoms with Crippen molar-refractivity contribution < 1.29 is 4.79 Å². The van der Waals surface area contributed by atoms with Crippen molar-refractivity contribution in [1.82, 2.24) is 10.6 Å². The van der Waals surface area contributed by atoms with Gasteiger partial charge in [0.05, 0.1) is 5.41 Å². The van der Waals surface area contributed by atoms with E-state index in [1.807, 2.05) is 0 Å². The summed E-state index contributed by atoms with van der Waals surface area (Å²) in [6.07, 6.45) is 10.2. The van der Waals surface area contributed by atoms with E-state index in [1.54, 1.807) is 0 Å². The van der Waals surface area contributed by atoms with Gasteiger partial charge in [0.1, 0.15) is 0 Å². The zero-order valence-corrected chi connectivity index (χ0v) is 12.2. The molecule has 1 heterocycles. The zero-order chi connectivity index (χ0) is 13.3. The molecular formula is C16H28N2O. The van der Waals surface area contributed by atoms with E-state index in [2.05, 4.69) is 17.6 Å². The van der Waals surface area contributed by atoms with Crippen LogP contribution in [0.5, 0.6) is 0 Å². The second-order valence-corrected chi connectivity index (χ2v) is 7.04. The lowest BCUT2D eigenvalue weighted by atomic mass is 9.67. The lowest BCUT2D eigenvalue weighted by Gasteiger charge is -2.38. The summed E-state index contributed by atoms with van der Waals surface area (Å²) >= 11 is 0. The molecule has 0 bridgehead atoms. The Bertz CT molecular complexity index is 338. The quantitative estimate of drug-likeness (QED) is 0.822. The molecule has 0 aromatic carbocycles. The molecule has 0 aromatic heterocycles. The molecule has 2 N–H and O–H groups in total. The van der Waals surface area contributed by atoms with Gasteiger partial charge in [-0.25, -0.2) is 0 Å². The molecule has 1 amide bonds. The van der Waals surface area contributed by atoms with Crippen LogP contribution in [-0.2, 0) is 4.79 Å². The summed E-state index contributed by atoms with van der Waals surface area (Å²) in [5.41, 5.74) is -0.0783. The predicted molar refractivity (Wildman–Crippen MR) is 76.8 cm³/mol. The van der Waals surface area contributed by atoms with Gasteiger partial charge >= 0.3 is 0 Å². The van der Waals surface area contributed by atoms with Gasteiger partial charge in [-0.2, -0.15) is 0 Å². The van der Waals surface area contributed by atoms with Crippen molar-refractivity contribution in [3.05, 3.63) is 0 Å². The van der Waals surface area contributed by atoms with Crippen molar-refractivity contribution in [3.8, 4) is 0 Å². The molecule has 0 aromatic rings. The molecule has 3 nitrogen and oxygen atoms in total. The average molecular weight is 264 g/mol.